The molecule has 0 bridgehead atoms. The number of benzene rings is 1. The van der Waals surface area contributed by atoms with E-state index in [4.69, 9.17) is 4.74 Å². The molecule has 7 nitrogen and oxygen atoms in total. The zero-order valence-corrected chi connectivity index (χ0v) is 21.4. The number of nitrogens with one attached hydrogen (secondary N) is 1. The Morgan fingerprint density at radius 3 is 2.44 bits per heavy atom. The third kappa shape index (κ3) is 5.76. The first-order chi connectivity index (χ1) is 17.5. The van der Waals surface area contributed by atoms with Crippen molar-refractivity contribution in [1.29, 1.82) is 5.26 Å². The average molecular weight is 493 g/mol. The average Bonchev–Trinajstić information content (AvgIpc) is 3.53. The number of nitrogens with zero attached hydrogens (tertiary/aromatic N) is 3. The van der Waals surface area contributed by atoms with E-state index in [1.54, 1.807) is 0 Å². The summed E-state index contributed by atoms with van der Waals surface area (Å²) in [5.41, 5.74) is 1.86. The van der Waals surface area contributed by atoms with Crippen molar-refractivity contribution in [3.8, 4) is 6.07 Å². The fourth-order valence-electron chi connectivity index (χ4n) is 6.81. The summed E-state index contributed by atoms with van der Waals surface area (Å²) in [4.78, 5) is 31.2. The zero-order chi connectivity index (χ0) is 25.0. The lowest BCUT2D eigenvalue weighted by Gasteiger charge is -2.33. The molecular weight excluding hydrogens is 452 g/mol. The molecule has 0 aromatic heterocycles. The van der Waals surface area contributed by atoms with E-state index in [0.717, 1.165) is 19.4 Å². The molecule has 2 heterocycles. The third-order valence-corrected chi connectivity index (χ3v) is 8.88. The summed E-state index contributed by atoms with van der Waals surface area (Å²) in [7, 11) is 0. The molecule has 2 saturated heterocycles. The van der Waals surface area contributed by atoms with E-state index in [1.807, 2.05) is 4.90 Å². The van der Waals surface area contributed by atoms with Gasteiger partial charge < -0.3 is 15.0 Å². The number of carbonyl (C=O) groups is 2. The molecule has 0 radical (unpaired) electrons. The van der Waals surface area contributed by atoms with E-state index in [-0.39, 0.29) is 18.2 Å². The Kier molecular flexibility index (Phi) is 7.93. The highest BCUT2D eigenvalue weighted by Crippen LogP contribution is 2.34. The Labute approximate surface area is 215 Å². The van der Waals surface area contributed by atoms with Gasteiger partial charge in [0.25, 0.3) is 0 Å². The summed E-state index contributed by atoms with van der Waals surface area (Å²) in [5, 5.41) is 13.3. The Bertz CT molecular complexity index is 954. The van der Waals surface area contributed by atoms with Gasteiger partial charge in [0, 0.05) is 44.6 Å². The minimum Gasteiger partial charge on any atom is -0.378 e. The lowest BCUT2D eigenvalue weighted by molar-refractivity contribution is -0.140. The van der Waals surface area contributed by atoms with Crippen LogP contribution in [0.5, 0.6) is 0 Å². The fourth-order valence-corrected chi connectivity index (χ4v) is 6.81. The molecule has 2 aliphatic carbocycles. The highest BCUT2D eigenvalue weighted by molar-refractivity contribution is 5.86. The Hall–Kier alpha value is -2.43. The summed E-state index contributed by atoms with van der Waals surface area (Å²) in [6.45, 7) is 3.72. The van der Waals surface area contributed by atoms with E-state index in [9.17, 15) is 14.9 Å². The molecule has 194 valence electrons. The number of carbonyl (C=O) groups excluding carboxylic acids is 2. The number of hydrogen-bond acceptors (Lipinski definition) is 5. The second-order valence-corrected chi connectivity index (χ2v) is 11.4. The predicted octanol–water partition coefficient (Wildman–Crippen LogP) is 3.07. The van der Waals surface area contributed by atoms with Crippen molar-refractivity contribution in [3.63, 3.8) is 0 Å². The fraction of sp³-hybridized carbons (Fsp3) is 0.690. The first-order valence-corrected chi connectivity index (χ1v) is 13.9. The van der Waals surface area contributed by atoms with Crippen molar-refractivity contribution in [2.24, 2.45) is 11.8 Å². The number of amides is 2. The topological polar surface area (TPSA) is 85.7 Å². The number of likely N-dealkylation sites (tertiary alicyclic amines) is 1. The molecule has 1 aromatic carbocycles. The maximum absolute atomic E-state index is 13.7. The molecule has 1 N–H and O–H groups in total. The number of fused-ring (bicyclic) bond motifs is 1. The van der Waals surface area contributed by atoms with Crippen LogP contribution in [-0.2, 0) is 27.2 Å². The minimum absolute atomic E-state index is 0.0234. The van der Waals surface area contributed by atoms with E-state index in [0.29, 0.717) is 57.6 Å². The minimum atomic E-state index is -0.854. The summed E-state index contributed by atoms with van der Waals surface area (Å²) >= 11 is 0. The van der Waals surface area contributed by atoms with Crippen LogP contribution in [0.2, 0.25) is 0 Å². The molecule has 0 spiro atoms. The first-order valence-electron chi connectivity index (χ1n) is 13.9. The lowest BCUT2D eigenvalue weighted by atomic mass is 9.87. The Morgan fingerprint density at radius 1 is 1.08 bits per heavy atom. The Morgan fingerprint density at radius 2 is 1.78 bits per heavy atom. The third-order valence-electron chi connectivity index (χ3n) is 8.88. The quantitative estimate of drug-likeness (QED) is 0.632. The van der Waals surface area contributed by atoms with Crippen LogP contribution in [0, 0.1) is 23.2 Å². The van der Waals surface area contributed by atoms with Crippen LogP contribution < -0.4 is 5.32 Å². The van der Waals surface area contributed by atoms with Gasteiger partial charge in [0.15, 0.2) is 0 Å². The van der Waals surface area contributed by atoms with Gasteiger partial charge in [-0.2, -0.15) is 5.26 Å². The number of nitriles is 1. The largest absolute Gasteiger partial charge is 0.378 e. The molecule has 5 rings (SSSR count). The van der Waals surface area contributed by atoms with Crippen molar-refractivity contribution in [1.82, 2.24) is 15.1 Å². The molecule has 1 aromatic rings. The Balaban J connectivity index is 1.26. The summed E-state index contributed by atoms with van der Waals surface area (Å²) in [6.07, 6.45) is 9.61. The number of ether oxygens (including phenoxy) is 1. The van der Waals surface area contributed by atoms with E-state index < -0.39 is 11.5 Å². The van der Waals surface area contributed by atoms with Gasteiger partial charge in [-0.05, 0) is 55.6 Å². The monoisotopic (exact) mass is 492 g/mol. The van der Waals surface area contributed by atoms with E-state index in [1.165, 1.54) is 43.2 Å². The molecule has 1 saturated carbocycles. The second kappa shape index (κ2) is 11.3. The summed E-state index contributed by atoms with van der Waals surface area (Å²) < 4.78 is 5.41. The maximum atomic E-state index is 13.7. The highest BCUT2D eigenvalue weighted by atomic mass is 16.5. The number of hydrogen-bond donors (Lipinski definition) is 1. The van der Waals surface area contributed by atoms with Gasteiger partial charge in [0.1, 0.15) is 5.54 Å². The van der Waals surface area contributed by atoms with Crippen LogP contribution in [0.25, 0.3) is 0 Å². The van der Waals surface area contributed by atoms with Gasteiger partial charge in [0.05, 0.1) is 19.3 Å². The summed E-state index contributed by atoms with van der Waals surface area (Å²) in [6, 6.07) is 11.5. The van der Waals surface area contributed by atoms with Gasteiger partial charge in [0.2, 0.25) is 11.8 Å². The van der Waals surface area contributed by atoms with Crippen LogP contribution in [0.3, 0.4) is 0 Å². The number of morpholine rings is 1. The standard InChI is InChI=1S/C29H40N4O3/c30-20-29(10-11-33(21-29)26-8-2-1-3-9-26)31-28(35)25(19-27(34)32-12-14-36-15-13-32)18-22-16-23-6-4-5-7-24(23)17-22/h4-7,22,25-26H,1-3,8-19,21H2,(H,31,35)/t25-,29+/m1/s1. The van der Waals surface area contributed by atoms with E-state index in [2.05, 4.69) is 40.6 Å². The van der Waals surface area contributed by atoms with Gasteiger partial charge in [-0.25, -0.2) is 0 Å². The van der Waals surface area contributed by atoms with E-state index >= 15 is 0 Å². The molecule has 2 aliphatic heterocycles. The highest BCUT2D eigenvalue weighted by Gasteiger charge is 2.43. The van der Waals surface area contributed by atoms with Gasteiger partial charge in [-0.3, -0.25) is 14.5 Å². The molecule has 4 aliphatic rings. The molecule has 3 fully saturated rings. The maximum Gasteiger partial charge on any atom is 0.224 e. The predicted molar refractivity (Wildman–Crippen MR) is 137 cm³/mol. The number of rotatable bonds is 7. The van der Waals surface area contributed by atoms with Crippen molar-refractivity contribution < 1.29 is 14.3 Å². The molecule has 7 heteroatoms. The molecule has 0 unspecified atom stereocenters. The van der Waals surface area contributed by atoms with Crippen LogP contribution in [0.1, 0.15) is 62.5 Å². The van der Waals surface area contributed by atoms with Crippen LogP contribution in [-0.4, -0.2) is 72.6 Å². The van der Waals surface area contributed by atoms with Gasteiger partial charge >= 0.3 is 0 Å². The SMILES string of the molecule is N#C[C@@]1(NC(=O)[C@@H](CC(=O)N2CCOCC2)CC2Cc3ccccc3C2)CCN(C2CCCCC2)C1. The lowest BCUT2D eigenvalue weighted by Crippen LogP contribution is -2.53. The van der Waals surface area contributed by atoms with Crippen LogP contribution in [0.4, 0.5) is 0 Å². The van der Waals surface area contributed by atoms with Gasteiger partial charge in [-0.15, -0.1) is 0 Å². The van der Waals surface area contributed by atoms with Crippen molar-refractivity contribution >= 4 is 11.8 Å². The van der Waals surface area contributed by atoms with Crippen LogP contribution >= 0.6 is 0 Å². The van der Waals surface area contributed by atoms with Crippen molar-refractivity contribution in [2.45, 2.75) is 75.8 Å². The normalized spacial score (nSPS) is 26.4. The second-order valence-electron chi connectivity index (χ2n) is 11.4. The molecular formula is C29H40N4O3. The molecule has 2 atom stereocenters. The van der Waals surface area contributed by atoms with Crippen molar-refractivity contribution in [2.75, 3.05) is 39.4 Å². The summed E-state index contributed by atoms with van der Waals surface area (Å²) in [5.74, 6) is -0.181. The van der Waals surface area contributed by atoms with Crippen molar-refractivity contribution in [3.05, 3.63) is 35.4 Å². The van der Waals surface area contributed by atoms with Crippen LogP contribution in [0.15, 0.2) is 24.3 Å². The zero-order valence-electron chi connectivity index (χ0n) is 21.4. The first kappa shape index (κ1) is 25.2. The molecule has 2 amide bonds. The van der Waals surface area contributed by atoms with Gasteiger partial charge in [-0.1, -0.05) is 43.5 Å². The molecule has 36 heavy (non-hydrogen) atoms. The smallest absolute Gasteiger partial charge is 0.224 e.